The van der Waals surface area contributed by atoms with Crippen LogP contribution >= 0.6 is 34.2 Å². The van der Waals surface area contributed by atoms with Crippen LogP contribution in [0.5, 0.6) is 11.5 Å². The van der Waals surface area contributed by atoms with Crippen LogP contribution in [0.4, 0.5) is 0 Å². The van der Waals surface area contributed by atoms with Crippen LogP contribution in [-0.2, 0) is 4.79 Å². The van der Waals surface area contributed by atoms with E-state index in [0.717, 1.165) is 14.9 Å². The van der Waals surface area contributed by atoms with E-state index in [1.54, 1.807) is 37.6 Å². The molecule has 0 aliphatic rings. The predicted octanol–water partition coefficient (Wildman–Crippen LogP) is 3.48. The molecule has 0 fully saturated rings. The molecule has 1 amide bonds. The van der Waals surface area contributed by atoms with Crippen molar-refractivity contribution in [2.45, 2.75) is 0 Å². The van der Waals surface area contributed by atoms with Gasteiger partial charge in [-0.15, -0.1) is 0 Å². The van der Waals surface area contributed by atoms with E-state index in [1.807, 2.05) is 18.2 Å². The molecule has 0 aliphatic heterocycles. The summed E-state index contributed by atoms with van der Waals surface area (Å²) in [6.07, 6.45) is 1.55. The van der Waals surface area contributed by atoms with Crippen molar-refractivity contribution in [3.8, 4) is 11.5 Å². The molecule has 0 saturated heterocycles. The van der Waals surface area contributed by atoms with Crippen molar-refractivity contribution in [1.29, 1.82) is 0 Å². The number of amides is 1. The van der Waals surface area contributed by atoms with Crippen LogP contribution in [0.3, 0.4) is 0 Å². The monoisotopic (exact) mass is 444 g/mol. The fraction of sp³-hybridized carbons (Fsp3) is 0.125. The van der Waals surface area contributed by atoms with Crippen LogP contribution in [-0.4, -0.2) is 25.8 Å². The van der Waals surface area contributed by atoms with Crippen molar-refractivity contribution in [3.05, 3.63) is 56.6 Å². The third-order valence-corrected chi connectivity index (χ3v) is 3.93. The second kappa shape index (κ2) is 8.73. The van der Waals surface area contributed by atoms with Crippen LogP contribution in [0.1, 0.15) is 5.56 Å². The summed E-state index contributed by atoms with van der Waals surface area (Å²) in [7, 11) is 1.62. The van der Waals surface area contributed by atoms with Gasteiger partial charge in [0.2, 0.25) is 0 Å². The molecule has 0 atom stereocenters. The minimum Gasteiger partial charge on any atom is -0.496 e. The van der Waals surface area contributed by atoms with Crippen molar-refractivity contribution in [2.75, 3.05) is 13.7 Å². The molecule has 0 heterocycles. The third kappa shape index (κ3) is 5.40. The van der Waals surface area contributed by atoms with Gasteiger partial charge in [0.05, 0.1) is 21.9 Å². The van der Waals surface area contributed by atoms with Gasteiger partial charge < -0.3 is 9.47 Å². The number of methoxy groups -OCH3 is 1. The van der Waals surface area contributed by atoms with E-state index in [9.17, 15) is 4.79 Å². The first-order valence-electron chi connectivity index (χ1n) is 6.63. The second-order valence-corrected chi connectivity index (χ2v) is 5.98. The molecule has 2 aromatic carbocycles. The minimum absolute atomic E-state index is 0.165. The molecule has 2 aromatic rings. The highest BCUT2D eigenvalue weighted by Gasteiger charge is 2.04. The Hall–Kier alpha value is -1.80. The van der Waals surface area contributed by atoms with E-state index in [1.165, 1.54) is 0 Å². The first-order valence-corrected chi connectivity index (χ1v) is 8.08. The van der Waals surface area contributed by atoms with Gasteiger partial charge in [0.25, 0.3) is 5.91 Å². The van der Waals surface area contributed by atoms with Crippen molar-refractivity contribution in [2.24, 2.45) is 5.10 Å². The van der Waals surface area contributed by atoms with Gasteiger partial charge in [-0.2, -0.15) is 5.10 Å². The minimum atomic E-state index is -0.371. The zero-order chi connectivity index (χ0) is 16.7. The maximum Gasteiger partial charge on any atom is 0.277 e. The van der Waals surface area contributed by atoms with Crippen molar-refractivity contribution < 1.29 is 14.3 Å². The number of nitrogens with zero attached hydrogens (tertiary/aromatic N) is 1. The Morgan fingerprint density at radius 3 is 2.78 bits per heavy atom. The number of nitrogens with one attached hydrogen (secondary N) is 1. The van der Waals surface area contributed by atoms with E-state index in [0.29, 0.717) is 10.8 Å². The van der Waals surface area contributed by atoms with Gasteiger partial charge in [0.1, 0.15) is 11.5 Å². The van der Waals surface area contributed by atoms with E-state index >= 15 is 0 Å². The van der Waals surface area contributed by atoms with E-state index in [4.69, 9.17) is 21.1 Å². The number of hydrogen-bond acceptors (Lipinski definition) is 4. The maximum absolute atomic E-state index is 11.7. The number of rotatable bonds is 6. The van der Waals surface area contributed by atoms with Crippen LogP contribution < -0.4 is 14.9 Å². The number of para-hydroxylation sites is 1. The number of carbonyl (C=O) groups is 1. The second-order valence-electron chi connectivity index (χ2n) is 4.41. The van der Waals surface area contributed by atoms with E-state index < -0.39 is 0 Å². The largest absolute Gasteiger partial charge is 0.496 e. The zero-order valence-corrected chi connectivity index (χ0v) is 15.2. The van der Waals surface area contributed by atoms with Crippen LogP contribution in [0, 0.1) is 3.57 Å². The molecule has 0 unspecified atom stereocenters. The molecule has 0 bridgehead atoms. The summed E-state index contributed by atoms with van der Waals surface area (Å²) >= 11 is 8.10. The fourth-order valence-corrected chi connectivity index (χ4v) is 2.63. The summed E-state index contributed by atoms with van der Waals surface area (Å²) in [6.45, 7) is -0.165. The lowest BCUT2D eigenvalue weighted by Gasteiger charge is -2.06. The van der Waals surface area contributed by atoms with Gasteiger partial charge in [0, 0.05) is 0 Å². The molecule has 0 aliphatic carbocycles. The highest BCUT2D eigenvalue weighted by atomic mass is 127. The molecule has 2 rings (SSSR count). The average molecular weight is 445 g/mol. The van der Waals surface area contributed by atoms with Crippen molar-refractivity contribution >= 4 is 46.3 Å². The summed E-state index contributed by atoms with van der Waals surface area (Å²) < 4.78 is 11.5. The number of carbonyl (C=O) groups excluding carboxylic acids is 1. The third-order valence-electron chi connectivity index (χ3n) is 2.77. The van der Waals surface area contributed by atoms with Gasteiger partial charge in [-0.05, 0) is 58.5 Å². The number of benzene rings is 2. The lowest BCUT2D eigenvalue weighted by molar-refractivity contribution is -0.123. The normalized spacial score (nSPS) is 10.6. The Labute approximate surface area is 152 Å². The average Bonchev–Trinajstić information content (AvgIpc) is 2.54. The standard InChI is InChI=1S/C16H14ClIN2O3/c1-22-15-7-6-11(8-13(15)18)9-19-20-16(21)10-23-14-5-3-2-4-12(14)17/h2-9H,10H2,1H3,(H,20,21). The number of hydrogen-bond donors (Lipinski definition) is 1. The van der Waals surface area contributed by atoms with Crippen molar-refractivity contribution in [3.63, 3.8) is 0 Å². The predicted molar refractivity (Wildman–Crippen MR) is 98.4 cm³/mol. The maximum atomic E-state index is 11.7. The van der Waals surface area contributed by atoms with Gasteiger partial charge in [-0.1, -0.05) is 23.7 Å². The Bertz CT molecular complexity index is 722. The first kappa shape index (κ1) is 17.6. The molecule has 0 radical (unpaired) electrons. The van der Waals surface area contributed by atoms with Crippen LogP contribution in [0.2, 0.25) is 5.02 Å². The Morgan fingerprint density at radius 1 is 1.30 bits per heavy atom. The lowest BCUT2D eigenvalue weighted by atomic mass is 10.2. The summed E-state index contributed by atoms with van der Waals surface area (Å²) in [5.41, 5.74) is 3.25. The summed E-state index contributed by atoms with van der Waals surface area (Å²) in [4.78, 5) is 11.7. The molecule has 1 N–H and O–H groups in total. The molecule has 0 saturated carbocycles. The summed E-state index contributed by atoms with van der Waals surface area (Å²) in [5, 5.41) is 4.35. The van der Waals surface area contributed by atoms with Gasteiger partial charge in [-0.25, -0.2) is 5.43 Å². The molecule has 120 valence electrons. The molecule has 0 aromatic heterocycles. The molecule has 5 nitrogen and oxygen atoms in total. The smallest absolute Gasteiger partial charge is 0.277 e. The first-order chi connectivity index (χ1) is 11.1. The molecule has 7 heteroatoms. The summed E-state index contributed by atoms with van der Waals surface area (Å²) in [5.74, 6) is 0.877. The quantitative estimate of drug-likeness (QED) is 0.422. The van der Waals surface area contributed by atoms with Gasteiger partial charge in [0.15, 0.2) is 6.61 Å². The zero-order valence-electron chi connectivity index (χ0n) is 12.3. The fourth-order valence-electron chi connectivity index (χ4n) is 1.68. The number of hydrazone groups is 1. The van der Waals surface area contributed by atoms with Gasteiger partial charge >= 0.3 is 0 Å². The highest BCUT2D eigenvalue weighted by molar-refractivity contribution is 14.1. The Balaban J connectivity index is 1.84. The van der Waals surface area contributed by atoms with Crippen LogP contribution in [0.25, 0.3) is 0 Å². The molecular formula is C16H14ClIN2O3. The summed E-state index contributed by atoms with van der Waals surface area (Å²) in [6, 6.07) is 12.5. The Kier molecular flexibility index (Phi) is 6.66. The molecule has 0 spiro atoms. The van der Waals surface area contributed by atoms with Gasteiger partial charge in [-0.3, -0.25) is 4.79 Å². The van der Waals surface area contributed by atoms with E-state index in [2.05, 4.69) is 33.1 Å². The number of halogens is 2. The molecule has 23 heavy (non-hydrogen) atoms. The van der Waals surface area contributed by atoms with Crippen LogP contribution in [0.15, 0.2) is 47.6 Å². The van der Waals surface area contributed by atoms with E-state index in [-0.39, 0.29) is 12.5 Å². The lowest BCUT2D eigenvalue weighted by Crippen LogP contribution is -2.24. The highest BCUT2D eigenvalue weighted by Crippen LogP contribution is 2.23. The Morgan fingerprint density at radius 2 is 2.09 bits per heavy atom. The SMILES string of the molecule is COc1ccc(C=NNC(=O)COc2ccccc2Cl)cc1I. The van der Waals surface area contributed by atoms with Crippen molar-refractivity contribution in [1.82, 2.24) is 5.43 Å². The molecular weight excluding hydrogens is 431 g/mol. The number of ether oxygens (including phenoxy) is 2. The topological polar surface area (TPSA) is 59.9 Å².